The Morgan fingerprint density at radius 2 is 1.00 bits per heavy atom. The molecule has 0 aliphatic carbocycles. The van der Waals surface area contributed by atoms with E-state index in [1.54, 1.807) is 0 Å². The van der Waals surface area contributed by atoms with Gasteiger partial charge in [-0.3, -0.25) is 0 Å². The second kappa shape index (κ2) is 6.22. The SMILES string of the molecule is C\C=C/C=C/C=C\C. The molecule has 44 valence electrons. The van der Waals surface area contributed by atoms with Crippen LogP contribution in [0.25, 0.3) is 0 Å². The van der Waals surface area contributed by atoms with Crippen LogP contribution in [0.2, 0.25) is 0 Å². The Morgan fingerprint density at radius 1 is 0.625 bits per heavy atom. The third-order valence-corrected chi connectivity index (χ3v) is 0.718. The molecule has 0 aromatic heterocycles. The van der Waals surface area contributed by atoms with E-state index in [2.05, 4.69) is 0 Å². The summed E-state index contributed by atoms with van der Waals surface area (Å²) in [5, 5.41) is 0. The van der Waals surface area contributed by atoms with Gasteiger partial charge in [-0.15, -0.1) is 0 Å². The molecule has 0 aromatic carbocycles. The van der Waals surface area contributed by atoms with Crippen LogP contribution < -0.4 is 0 Å². The summed E-state index contributed by atoms with van der Waals surface area (Å²) in [4.78, 5) is 0. The quantitative estimate of drug-likeness (QED) is 0.477. The molecule has 0 aliphatic heterocycles. The van der Waals surface area contributed by atoms with Crippen LogP contribution in [0.15, 0.2) is 36.5 Å². The van der Waals surface area contributed by atoms with Gasteiger partial charge >= 0.3 is 0 Å². The van der Waals surface area contributed by atoms with Crippen molar-refractivity contribution in [1.82, 2.24) is 0 Å². The fourth-order valence-electron chi connectivity index (χ4n) is 0.351. The van der Waals surface area contributed by atoms with Crippen molar-refractivity contribution in [2.24, 2.45) is 0 Å². The summed E-state index contributed by atoms with van der Waals surface area (Å²) in [6, 6.07) is 0. The zero-order valence-corrected chi connectivity index (χ0v) is 5.46. The second-order valence-corrected chi connectivity index (χ2v) is 1.44. The number of rotatable bonds is 2. The molecule has 0 fully saturated rings. The van der Waals surface area contributed by atoms with E-state index in [1.807, 2.05) is 50.3 Å². The first kappa shape index (κ1) is 7.22. The molecule has 0 saturated carbocycles. The smallest absolute Gasteiger partial charge is 0.0467 e. The first-order chi connectivity index (χ1) is 3.91. The maximum atomic E-state index is 2.00. The van der Waals surface area contributed by atoms with E-state index in [0.29, 0.717) is 0 Å². The first-order valence-electron chi connectivity index (χ1n) is 2.82. The maximum absolute atomic E-state index is 2.00. The number of allylic oxidation sites excluding steroid dienone is 6. The first-order valence-corrected chi connectivity index (χ1v) is 2.82. The number of hydrogen-bond acceptors (Lipinski definition) is 0. The summed E-state index contributed by atoms with van der Waals surface area (Å²) >= 11 is 0. The van der Waals surface area contributed by atoms with Crippen LogP contribution in [-0.4, -0.2) is 0 Å². The molecule has 0 nitrogen and oxygen atoms in total. The van der Waals surface area contributed by atoms with E-state index >= 15 is 0 Å². The molecular formula is C8H12. The van der Waals surface area contributed by atoms with Crippen molar-refractivity contribution in [3.8, 4) is 0 Å². The third kappa shape index (κ3) is 5.22. The average Bonchev–Trinajstić information content (AvgIpc) is 1.81. The van der Waals surface area contributed by atoms with Crippen molar-refractivity contribution < 1.29 is 0 Å². The standard InChI is InChI=1S/C8H12/c1-3-5-7-8-6-4-2/h3-8H,1-2H3/b5-3-,6-4-,8-7+. The Balaban J connectivity index is 3.35. The molecule has 0 atom stereocenters. The molecule has 0 heterocycles. The molecule has 0 spiro atoms. The lowest BCUT2D eigenvalue weighted by molar-refractivity contribution is 1.71. The highest BCUT2D eigenvalue weighted by molar-refractivity contribution is 5.09. The number of hydrogen-bond donors (Lipinski definition) is 0. The molecule has 0 amide bonds. The van der Waals surface area contributed by atoms with Gasteiger partial charge in [0.2, 0.25) is 0 Å². The molecule has 8 heavy (non-hydrogen) atoms. The van der Waals surface area contributed by atoms with Gasteiger partial charge in [0.05, 0.1) is 0 Å². The summed E-state index contributed by atoms with van der Waals surface area (Å²) in [6.07, 6.45) is 12.0. The van der Waals surface area contributed by atoms with Gasteiger partial charge in [-0.05, 0) is 13.8 Å². The van der Waals surface area contributed by atoms with Crippen molar-refractivity contribution >= 4 is 0 Å². The van der Waals surface area contributed by atoms with Crippen molar-refractivity contribution in [3.05, 3.63) is 36.5 Å². The van der Waals surface area contributed by atoms with Crippen LogP contribution >= 0.6 is 0 Å². The molecule has 0 N–H and O–H groups in total. The minimum Gasteiger partial charge on any atom is -0.0877 e. The summed E-state index contributed by atoms with van der Waals surface area (Å²) in [6.45, 7) is 4.00. The Kier molecular flexibility index (Phi) is 5.61. The Hall–Kier alpha value is -0.780. The topological polar surface area (TPSA) is 0 Å². The third-order valence-electron chi connectivity index (χ3n) is 0.718. The maximum Gasteiger partial charge on any atom is -0.0467 e. The van der Waals surface area contributed by atoms with Crippen LogP contribution in [-0.2, 0) is 0 Å². The minimum absolute atomic E-state index is 2.00. The molecule has 0 aromatic rings. The monoisotopic (exact) mass is 108 g/mol. The summed E-state index contributed by atoms with van der Waals surface area (Å²) in [7, 11) is 0. The van der Waals surface area contributed by atoms with Crippen LogP contribution in [0.3, 0.4) is 0 Å². The van der Waals surface area contributed by atoms with E-state index < -0.39 is 0 Å². The lowest BCUT2D eigenvalue weighted by atomic mass is 10.4. The minimum atomic E-state index is 2.00. The second-order valence-electron chi connectivity index (χ2n) is 1.44. The van der Waals surface area contributed by atoms with E-state index in [4.69, 9.17) is 0 Å². The Morgan fingerprint density at radius 3 is 1.25 bits per heavy atom. The summed E-state index contributed by atoms with van der Waals surface area (Å²) in [5.74, 6) is 0. The molecular weight excluding hydrogens is 96.1 g/mol. The predicted molar refractivity (Wildman–Crippen MR) is 38.8 cm³/mol. The zero-order chi connectivity index (χ0) is 6.24. The Bertz CT molecular complexity index is 91.2. The predicted octanol–water partition coefficient (Wildman–Crippen LogP) is 2.69. The van der Waals surface area contributed by atoms with Crippen LogP contribution in [0.1, 0.15) is 13.8 Å². The van der Waals surface area contributed by atoms with E-state index in [9.17, 15) is 0 Å². The van der Waals surface area contributed by atoms with Crippen molar-refractivity contribution in [2.45, 2.75) is 13.8 Å². The highest BCUT2D eigenvalue weighted by Crippen LogP contribution is 1.77. The van der Waals surface area contributed by atoms with Crippen LogP contribution in [0, 0.1) is 0 Å². The van der Waals surface area contributed by atoms with Crippen molar-refractivity contribution in [1.29, 1.82) is 0 Å². The molecule has 0 rings (SSSR count). The molecule has 0 radical (unpaired) electrons. The molecule has 0 bridgehead atoms. The highest BCUT2D eigenvalue weighted by Gasteiger charge is 1.55. The molecule has 0 unspecified atom stereocenters. The van der Waals surface area contributed by atoms with Gasteiger partial charge in [-0.25, -0.2) is 0 Å². The van der Waals surface area contributed by atoms with E-state index in [-0.39, 0.29) is 0 Å². The van der Waals surface area contributed by atoms with Crippen molar-refractivity contribution in [2.75, 3.05) is 0 Å². The van der Waals surface area contributed by atoms with Gasteiger partial charge in [0.15, 0.2) is 0 Å². The summed E-state index contributed by atoms with van der Waals surface area (Å²) in [5.41, 5.74) is 0. The molecule has 0 aliphatic rings. The molecule has 0 saturated heterocycles. The van der Waals surface area contributed by atoms with Gasteiger partial charge in [0.1, 0.15) is 0 Å². The van der Waals surface area contributed by atoms with E-state index in [1.165, 1.54) is 0 Å². The lowest BCUT2D eigenvalue weighted by Crippen LogP contribution is -1.46. The van der Waals surface area contributed by atoms with Crippen LogP contribution in [0.4, 0.5) is 0 Å². The average molecular weight is 108 g/mol. The van der Waals surface area contributed by atoms with E-state index in [0.717, 1.165) is 0 Å². The van der Waals surface area contributed by atoms with Gasteiger partial charge in [-0.2, -0.15) is 0 Å². The molecule has 0 heteroatoms. The van der Waals surface area contributed by atoms with Gasteiger partial charge in [0, 0.05) is 0 Å². The normalized spacial score (nSPS) is 12.8. The fraction of sp³-hybridized carbons (Fsp3) is 0.250. The zero-order valence-electron chi connectivity index (χ0n) is 5.46. The van der Waals surface area contributed by atoms with Crippen molar-refractivity contribution in [3.63, 3.8) is 0 Å². The van der Waals surface area contributed by atoms with Crippen LogP contribution in [0.5, 0.6) is 0 Å². The van der Waals surface area contributed by atoms with Gasteiger partial charge in [0.25, 0.3) is 0 Å². The lowest BCUT2D eigenvalue weighted by Gasteiger charge is -1.68. The fourth-order valence-corrected chi connectivity index (χ4v) is 0.351. The largest absolute Gasteiger partial charge is 0.0877 e. The Labute approximate surface area is 51.2 Å². The highest BCUT2D eigenvalue weighted by atomic mass is 13.6. The summed E-state index contributed by atoms with van der Waals surface area (Å²) < 4.78 is 0. The van der Waals surface area contributed by atoms with Gasteiger partial charge < -0.3 is 0 Å². The van der Waals surface area contributed by atoms with Gasteiger partial charge in [-0.1, -0.05) is 36.5 Å².